The molecule has 2 aromatic carbocycles. The first-order valence-electron chi connectivity index (χ1n) is 15.4. The van der Waals surface area contributed by atoms with Gasteiger partial charge in [0.25, 0.3) is 5.91 Å². The summed E-state index contributed by atoms with van der Waals surface area (Å²) in [5.41, 5.74) is 4.24. The van der Waals surface area contributed by atoms with Gasteiger partial charge in [-0.3, -0.25) is 14.5 Å². The predicted octanol–water partition coefficient (Wildman–Crippen LogP) is 6.95. The van der Waals surface area contributed by atoms with Crippen LogP contribution < -0.4 is 4.90 Å². The average Bonchev–Trinajstić information content (AvgIpc) is 2.93. The minimum Gasteiger partial charge on any atom is -0.339 e. The quantitative estimate of drug-likeness (QED) is 0.405. The highest BCUT2D eigenvalue weighted by molar-refractivity contribution is 5.97. The van der Waals surface area contributed by atoms with E-state index < -0.39 is 0 Å². The lowest BCUT2D eigenvalue weighted by atomic mass is 9.90. The van der Waals surface area contributed by atoms with Crippen LogP contribution in [-0.4, -0.2) is 54.3 Å². The van der Waals surface area contributed by atoms with Crippen molar-refractivity contribution in [3.05, 3.63) is 65.2 Å². The van der Waals surface area contributed by atoms with Gasteiger partial charge in [-0.15, -0.1) is 0 Å². The lowest BCUT2D eigenvalue weighted by Gasteiger charge is -2.33. The molecule has 1 saturated heterocycles. The molecule has 212 valence electrons. The Morgan fingerprint density at radius 3 is 2.26 bits per heavy atom. The summed E-state index contributed by atoms with van der Waals surface area (Å²) in [6.45, 7) is 11.5. The number of benzene rings is 2. The fourth-order valence-corrected chi connectivity index (χ4v) is 6.11. The molecule has 0 spiro atoms. The van der Waals surface area contributed by atoms with E-state index in [-0.39, 0.29) is 11.8 Å². The van der Waals surface area contributed by atoms with Crippen LogP contribution in [0.4, 0.5) is 5.69 Å². The summed E-state index contributed by atoms with van der Waals surface area (Å²) in [6, 6.07) is 16.8. The van der Waals surface area contributed by atoms with Crippen molar-refractivity contribution in [2.45, 2.75) is 85.1 Å². The molecule has 1 fully saturated rings. The van der Waals surface area contributed by atoms with Gasteiger partial charge in [0, 0.05) is 44.4 Å². The van der Waals surface area contributed by atoms with E-state index in [9.17, 15) is 9.59 Å². The molecule has 0 aromatic heterocycles. The largest absolute Gasteiger partial charge is 0.339 e. The molecular formula is C34H49N3O2. The van der Waals surface area contributed by atoms with Crippen LogP contribution in [0.1, 0.15) is 93.6 Å². The van der Waals surface area contributed by atoms with Crippen molar-refractivity contribution in [3.63, 3.8) is 0 Å². The summed E-state index contributed by atoms with van der Waals surface area (Å²) in [7, 11) is 0. The number of piperidine rings is 1. The molecule has 5 heteroatoms. The zero-order chi connectivity index (χ0) is 27.6. The first-order valence-corrected chi connectivity index (χ1v) is 15.4. The van der Waals surface area contributed by atoms with Gasteiger partial charge >= 0.3 is 0 Å². The predicted molar refractivity (Wildman–Crippen MR) is 161 cm³/mol. The first kappa shape index (κ1) is 29.3. The number of anilines is 1. The SMILES string of the molecule is CC(=O)N1CCCCCCCN(CCC(C)C)Cc2cc(C(=O)N3CCC(Cc4ccccc4)CC3)ccc21. The van der Waals surface area contributed by atoms with Crippen LogP contribution in [-0.2, 0) is 17.8 Å². The Labute approximate surface area is 236 Å². The van der Waals surface area contributed by atoms with Crippen molar-refractivity contribution in [1.29, 1.82) is 0 Å². The minimum absolute atomic E-state index is 0.0848. The van der Waals surface area contributed by atoms with Gasteiger partial charge in [-0.2, -0.15) is 0 Å². The number of carbonyl (C=O) groups excluding carboxylic acids is 2. The maximum absolute atomic E-state index is 13.7. The van der Waals surface area contributed by atoms with E-state index in [4.69, 9.17) is 0 Å². The Balaban J connectivity index is 1.52. The fraction of sp³-hybridized carbons (Fsp3) is 0.588. The molecule has 0 unspecified atom stereocenters. The van der Waals surface area contributed by atoms with Crippen LogP contribution in [0.25, 0.3) is 0 Å². The first-order chi connectivity index (χ1) is 18.9. The summed E-state index contributed by atoms with van der Waals surface area (Å²) in [5, 5.41) is 0. The normalized spacial score (nSPS) is 18.4. The number of hydrogen-bond acceptors (Lipinski definition) is 3. The van der Waals surface area contributed by atoms with Crippen molar-refractivity contribution < 1.29 is 9.59 Å². The maximum atomic E-state index is 13.7. The van der Waals surface area contributed by atoms with Crippen molar-refractivity contribution >= 4 is 17.5 Å². The van der Waals surface area contributed by atoms with Crippen LogP contribution in [0.2, 0.25) is 0 Å². The molecule has 2 amide bonds. The van der Waals surface area contributed by atoms with Gasteiger partial charge in [0.2, 0.25) is 5.91 Å². The number of nitrogens with zero attached hydrogens (tertiary/aromatic N) is 3. The van der Waals surface area contributed by atoms with Gasteiger partial charge < -0.3 is 9.80 Å². The zero-order valence-electron chi connectivity index (χ0n) is 24.5. The van der Waals surface area contributed by atoms with Gasteiger partial charge in [0.05, 0.1) is 0 Å². The number of hydrogen-bond donors (Lipinski definition) is 0. The molecule has 2 aliphatic heterocycles. The van der Waals surface area contributed by atoms with Gasteiger partial charge in [-0.05, 0) is 92.8 Å². The molecule has 0 atom stereocenters. The van der Waals surface area contributed by atoms with Gasteiger partial charge in [0.1, 0.15) is 0 Å². The second-order valence-electron chi connectivity index (χ2n) is 12.2. The zero-order valence-corrected chi connectivity index (χ0v) is 24.5. The third-order valence-corrected chi connectivity index (χ3v) is 8.54. The van der Waals surface area contributed by atoms with Crippen molar-refractivity contribution in [3.8, 4) is 0 Å². The maximum Gasteiger partial charge on any atom is 0.253 e. The van der Waals surface area contributed by atoms with Crippen molar-refractivity contribution in [1.82, 2.24) is 9.80 Å². The molecule has 0 radical (unpaired) electrons. The van der Waals surface area contributed by atoms with E-state index in [0.717, 1.165) is 94.6 Å². The summed E-state index contributed by atoms with van der Waals surface area (Å²) in [5.74, 6) is 1.50. The Morgan fingerprint density at radius 1 is 0.872 bits per heavy atom. The molecule has 5 nitrogen and oxygen atoms in total. The molecule has 0 saturated carbocycles. The molecule has 2 aliphatic rings. The molecule has 2 aromatic rings. The smallest absolute Gasteiger partial charge is 0.253 e. The van der Waals surface area contributed by atoms with E-state index in [1.54, 1.807) is 6.92 Å². The minimum atomic E-state index is 0.0848. The summed E-state index contributed by atoms with van der Waals surface area (Å²) in [6.07, 6.45) is 10.2. The van der Waals surface area contributed by atoms with Gasteiger partial charge in [-0.1, -0.05) is 63.4 Å². The topological polar surface area (TPSA) is 43.9 Å². The Bertz CT molecular complexity index is 1060. The van der Waals surface area contributed by atoms with E-state index in [2.05, 4.69) is 55.1 Å². The summed E-state index contributed by atoms with van der Waals surface area (Å²) in [4.78, 5) is 32.9. The number of amides is 2. The van der Waals surface area contributed by atoms with Crippen LogP contribution in [0.5, 0.6) is 0 Å². The number of rotatable bonds is 6. The van der Waals surface area contributed by atoms with Crippen LogP contribution >= 0.6 is 0 Å². The molecule has 0 bridgehead atoms. The highest BCUT2D eigenvalue weighted by Crippen LogP contribution is 2.28. The van der Waals surface area contributed by atoms with Gasteiger partial charge in [-0.25, -0.2) is 0 Å². The Morgan fingerprint density at radius 2 is 1.56 bits per heavy atom. The lowest BCUT2D eigenvalue weighted by molar-refractivity contribution is -0.116. The van der Waals surface area contributed by atoms with Crippen LogP contribution in [0, 0.1) is 11.8 Å². The molecule has 39 heavy (non-hydrogen) atoms. The van der Waals surface area contributed by atoms with E-state index in [0.29, 0.717) is 11.8 Å². The number of fused-ring (bicyclic) bond motifs is 1. The second kappa shape index (κ2) is 14.6. The van der Waals surface area contributed by atoms with Crippen molar-refractivity contribution in [2.75, 3.05) is 37.6 Å². The van der Waals surface area contributed by atoms with E-state index in [1.807, 2.05) is 21.9 Å². The summed E-state index contributed by atoms with van der Waals surface area (Å²) < 4.78 is 0. The molecule has 0 aliphatic carbocycles. The summed E-state index contributed by atoms with van der Waals surface area (Å²) >= 11 is 0. The Hall–Kier alpha value is -2.66. The lowest BCUT2D eigenvalue weighted by Crippen LogP contribution is -2.39. The monoisotopic (exact) mass is 531 g/mol. The molecule has 2 heterocycles. The number of carbonyl (C=O) groups is 2. The van der Waals surface area contributed by atoms with Crippen LogP contribution in [0.3, 0.4) is 0 Å². The highest BCUT2D eigenvalue weighted by atomic mass is 16.2. The second-order valence-corrected chi connectivity index (χ2v) is 12.2. The fourth-order valence-electron chi connectivity index (χ4n) is 6.11. The Kier molecular flexibility index (Phi) is 11.0. The van der Waals surface area contributed by atoms with Crippen molar-refractivity contribution in [2.24, 2.45) is 11.8 Å². The van der Waals surface area contributed by atoms with Gasteiger partial charge in [0.15, 0.2) is 0 Å². The molecular weight excluding hydrogens is 482 g/mol. The number of likely N-dealkylation sites (tertiary alicyclic amines) is 1. The third-order valence-electron chi connectivity index (χ3n) is 8.54. The average molecular weight is 532 g/mol. The molecule has 0 N–H and O–H groups in total. The molecule has 4 rings (SSSR count). The highest BCUT2D eigenvalue weighted by Gasteiger charge is 2.26. The van der Waals surface area contributed by atoms with E-state index in [1.165, 1.54) is 24.8 Å². The van der Waals surface area contributed by atoms with E-state index >= 15 is 0 Å². The third kappa shape index (κ3) is 8.66. The standard InChI is InChI=1S/C34H49N3O2/c1-27(2)16-21-35-19-10-5-4-6-11-20-37(28(3)38)33-15-14-31(25-32(33)26-35)34(39)36-22-17-30(18-23-36)24-29-12-8-7-9-13-29/h7-9,12-15,25,27,30H,4-6,10-11,16-24,26H2,1-3H3. The van der Waals surface area contributed by atoms with Crippen LogP contribution in [0.15, 0.2) is 48.5 Å².